The Morgan fingerprint density at radius 3 is 2.89 bits per heavy atom. The van der Waals surface area contributed by atoms with Crippen molar-refractivity contribution in [1.29, 1.82) is 0 Å². The van der Waals surface area contributed by atoms with E-state index in [1.54, 1.807) is 16.3 Å². The van der Waals surface area contributed by atoms with Gasteiger partial charge in [-0.1, -0.05) is 18.7 Å². The van der Waals surface area contributed by atoms with Crippen LogP contribution < -0.4 is 5.32 Å². The van der Waals surface area contributed by atoms with Gasteiger partial charge in [0.05, 0.1) is 0 Å². The highest BCUT2D eigenvalue weighted by molar-refractivity contribution is 7.99. The minimum absolute atomic E-state index is 0.245. The lowest BCUT2D eigenvalue weighted by Crippen LogP contribution is -2.08. The van der Waals surface area contributed by atoms with E-state index in [-0.39, 0.29) is 11.7 Å². The molecule has 2 aromatic rings. The summed E-state index contributed by atoms with van der Waals surface area (Å²) < 4.78 is 6.44. The maximum atomic E-state index is 11.1. The van der Waals surface area contributed by atoms with Crippen molar-refractivity contribution in [2.45, 2.75) is 25.4 Å². The van der Waals surface area contributed by atoms with Gasteiger partial charge in [-0.15, -0.1) is 10.2 Å². The highest BCUT2D eigenvalue weighted by Gasteiger charge is 2.20. The van der Waals surface area contributed by atoms with E-state index in [1.165, 1.54) is 6.92 Å². The van der Waals surface area contributed by atoms with Crippen molar-refractivity contribution in [1.82, 2.24) is 25.1 Å². The fourth-order valence-corrected chi connectivity index (χ4v) is 2.19. The molecule has 19 heavy (non-hydrogen) atoms. The molecule has 8 nitrogen and oxygen atoms in total. The molecule has 1 amide bonds. The average molecular weight is 282 g/mol. The van der Waals surface area contributed by atoms with Crippen molar-refractivity contribution in [2.75, 3.05) is 11.1 Å². The summed E-state index contributed by atoms with van der Waals surface area (Å²) in [5.41, 5.74) is 0.369. The number of nitrogens with one attached hydrogen (secondary N) is 1. The minimum Gasteiger partial charge on any atom is -0.306 e. The summed E-state index contributed by atoms with van der Waals surface area (Å²) in [4.78, 5) is 11.1. The summed E-state index contributed by atoms with van der Waals surface area (Å²) in [7, 11) is 1.83. The van der Waals surface area contributed by atoms with Gasteiger partial charge in [-0.25, -0.2) is 4.63 Å². The van der Waals surface area contributed by atoms with E-state index in [0.29, 0.717) is 11.5 Å². The molecule has 2 heterocycles. The van der Waals surface area contributed by atoms with Gasteiger partial charge in [0.1, 0.15) is 0 Å². The van der Waals surface area contributed by atoms with Gasteiger partial charge in [-0.3, -0.25) is 4.79 Å². The van der Waals surface area contributed by atoms with Gasteiger partial charge in [0.2, 0.25) is 11.7 Å². The molecule has 2 rings (SSSR count). The SMILES string of the molecule is CCCSc1nnc(-c2nonc2NC(C)=O)n1C. The van der Waals surface area contributed by atoms with Gasteiger partial charge in [-0.05, 0) is 16.7 Å². The van der Waals surface area contributed by atoms with E-state index < -0.39 is 0 Å². The lowest BCUT2D eigenvalue weighted by atomic mass is 10.4. The predicted octanol–water partition coefficient (Wildman–Crippen LogP) is 1.33. The van der Waals surface area contributed by atoms with Crippen LogP contribution in [-0.4, -0.2) is 36.7 Å². The topological polar surface area (TPSA) is 98.7 Å². The molecular weight excluding hydrogens is 268 g/mol. The molecule has 9 heteroatoms. The highest BCUT2D eigenvalue weighted by atomic mass is 32.2. The van der Waals surface area contributed by atoms with Crippen LogP contribution in [0.1, 0.15) is 20.3 Å². The molecule has 1 N–H and O–H groups in total. The Morgan fingerprint density at radius 2 is 2.21 bits per heavy atom. The van der Waals surface area contributed by atoms with Crippen molar-refractivity contribution in [3.05, 3.63) is 0 Å². The second kappa shape index (κ2) is 5.83. The third-order valence-corrected chi connectivity index (χ3v) is 3.49. The normalized spacial score (nSPS) is 10.7. The van der Waals surface area contributed by atoms with Crippen LogP contribution in [0.25, 0.3) is 11.5 Å². The van der Waals surface area contributed by atoms with Crippen molar-refractivity contribution in [3.8, 4) is 11.5 Å². The fourth-order valence-electron chi connectivity index (χ4n) is 1.42. The van der Waals surface area contributed by atoms with Crippen molar-refractivity contribution < 1.29 is 9.42 Å². The summed E-state index contributed by atoms with van der Waals surface area (Å²) >= 11 is 1.61. The first-order chi connectivity index (χ1) is 9.13. The quantitative estimate of drug-likeness (QED) is 0.826. The molecule has 0 spiro atoms. The van der Waals surface area contributed by atoms with Gasteiger partial charge >= 0.3 is 0 Å². The Kier molecular flexibility index (Phi) is 4.15. The Labute approximate surface area is 113 Å². The first-order valence-electron chi connectivity index (χ1n) is 5.76. The molecule has 0 aromatic carbocycles. The van der Waals surface area contributed by atoms with Gasteiger partial charge < -0.3 is 9.88 Å². The number of hydrogen-bond acceptors (Lipinski definition) is 7. The van der Waals surface area contributed by atoms with Crippen LogP contribution in [0, 0.1) is 0 Å². The smallest absolute Gasteiger partial charge is 0.222 e. The molecule has 0 fully saturated rings. The van der Waals surface area contributed by atoms with E-state index in [4.69, 9.17) is 0 Å². The lowest BCUT2D eigenvalue weighted by Gasteiger charge is -2.01. The monoisotopic (exact) mass is 282 g/mol. The minimum atomic E-state index is -0.250. The molecule has 102 valence electrons. The number of nitrogens with zero attached hydrogens (tertiary/aromatic N) is 5. The summed E-state index contributed by atoms with van der Waals surface area (Å²) in [5, 5.41) is 18.9. The molecule has 0 saturated carbocycles. The van der Waals surface area contributed by atoms with Gasteiger partial charge in [0.15, 0.2) is 16.7 Å². The van der Waals surface area contributed by atoms with Gasteiger partial charge in [0, 0.05) is 19.7 Å². The van der Waals surface area contributed by atoms with Crippen molar-refractivity contribution in [3.63, 3.8) is 0 Å². The van der Waals surface area contributed by atoms with Crippen LogP contribution in [0.3, 0.4) is 0 Å². The molecule has 0 aliphatic rings. The summed E-state index contributed by atoms with van der Waals surface area (Å²) in [6.45, 7) is 3.48. The van der Waals surface area contributed by atoms with Gasteiger partial charge in [0.25, 0.3) is 0 Å². The maximum Gasteiger partial charge on any atom is 0.222 e. The molecular formula is C10H14N6O2S. The van der Waals surface area contributed by atoms with Crippen molar-refractivity contribution in [2.24, 2.45) is 7.05 Å². The Bertz CT molecular complexity index is 578. The van der Waals surface area contributed by atoms with Crippen LogP contribution in [0.2, 0.25) is 0 Å². The van der Waals surface area contributed by atoms with E-state index in [1.807, 2.05) is 7.05 Å². The lowest BCUT2D eigenvalue weighted by molar-refractivity contribution is -0.114. The fraction of sp³-hybridized carbons (Fsp3) is 0.500. The Morgan fingerprint density at radius 1 is 1.42 bits per heavy atom. The maximum absolute atomic E-state index is 11.1. The molecule has 0 bridgehead atoms. The van der Waals surface area contributed by atoms with Crippen molar-refractivity contribution >= 4 is 23.5 Å². The van der Waals surface area contributed by atoms with Crippen LogP contribution >= 0.6 is 11.8 Å². The Balaban J connectivity index is 2.29. The first kappa shape index (κ1) is 13.5. The molecule has 2 aromatic heterocycles. The average Bonchev–Trinajstić information content (AvgIpc) is 2.93. The largest absolute Gasteiger partial charge is 0.306 e. The van der Waals surface area contributed by atoms with Crippen LogP contribution in [-0.2, 0) is 11.8 Å². The first-order valence-corrected chi connectivity index (χ1v) is 6.74. The number of amides is 1. The van der Waals surface area contributed by atoms with Gasteiger partial charge in [-0.2, -0.15) is 0 Å². The second-order valence-corrected chi connectivity index (χ2v) is 4.92. The number of aromatic nitrogens is 5. The van der Waals surface area contributed by atoms with E-state index in [0.717, 1.165) is 17.3 Å². The summed E-state index contributed by atoms with van der Waals surface area (Å²) in [6, 6.07) is 0. The number of anilines is 1. The summed E-state index contributed by atoms with van der Waals surface area (Å²) in [5.74, 6) is 1.46. The predicted molar refractivity (Wildman–Crippen MR) is 69.6 cm³/mol. The molecule has 0 atom stereocenters. The number of thioether (sulfide) groups is 1. The van der Waals surface area contributed by atoms with Crippen LogP contribution in [0.5, 0.6) is 0 Å². The van der Waals surface area contributed by atoms with Crippen LogP contribution in [0.4, 0.5) is 5.82 Å². The number of carbonyl (C=O) groups excluding carboxylic acids is 1. The number of carbonyl (C=O) groups is 1. The molecule has 0 unspecified atom stereocenters. The molecule has 0 aliphatic heterocycles. The molecule has 0 aliphatic carbocycles. The van der Waals surface area contributed by atoms with E-state index >= 15 is 0 Å². The second-order valence-electron chi connectivity index (χ2n) is 3.86. The van der Waals surface area contributed by atoms with E-state index in [9.17, 15) is 4.79 Å². The Hall–Kier alpha value is -1.90. The number of rotatable bonds is 5. The zero-order valence-corrected chi connectivity index (χ0v) is 11.7. The van der Waals surface area contributed by atoms with E-state index in [2.05, 4.69) is 37.4 Å². The standard InChI is InChI=1S/C10H14N6O2S/c1-4-5-19-10-13-12-9(16(10)3)7-8(11-6(2)17)15-18-14-7/h4-5H2,1-3H3,(H,11,15,17). The summed E-state index contributed by atoms with van der Waals surface area (Å²) in [6.07, 6.45) is 1.05. The highest BCUT2D eigenvalue weighted by Crippen LogP contribution is 2.25. The number of hydrogen-bond donors (Lipinski definition) is 1. The molecule has 0 saturated heterocycles. The zero-order valence-electron chi connectivity index (χ0n) is 10.9. The zero-order chi connectivity index (χ0) is 13.8. The molecule has 0 radical (unpaired) electrons. The third kappa shape index (κ3) is 2.92. The third-order valence-electron chi connectivity index (χ3n) is 2.26. The van der Waals surface area contributed by atoms with Crippen LogP contribution in [0.15, 0.2) is 9.79 Å².